The minimum absolute atomic E-state index is 0.0568. The van der Waals surface area contributed by atoms with Crippen molar-refractivity contribution < 1.29 is 13.9 Å². The van der Waals surface area contributed by atoms with Gasteiger partial charge in [0.25, 0.3) is 0 Å². The van der Waals surface area contributed by atoms with Gasteiger partial charge in [-0.05, 0) is 5.56 Å². The molecule has 4 heteroatoms. The summed E-state index contributed by atoms with van der Waals surface area (Å²) in [7, 11) is 0. The van der Waals surface area contributed by atoms with E-state index < -0.39 is 18.4 Å². The average molecular weight is 227 g/mol. The fourth-order valence-corrected chi connectivity index (χ4v) is 2.12. The van der Waals surface area contributed by atoms with Gasteiger partial charge in [0, 0.05) is 13.1 Å². The van der Waals surface area contributed by atoms with Crippen LogP contribution in [0.5, 0.6) is 0 Å². The third-order valence-corrected chi connectivity index (χ3v) is 3.01. The Hall–Kier alpha value is -1.00. The number of hydrogen-bond donors (Lipinski definition) is 1. The van der Waals surface area contributed by atoms with Crippen LogP contribution in [0.3, 0.4) is 0 Å². The lowest BCUT2D eigenvalue weighted by Crippen LogP contribution is -2.36. The maximum Gasteiger partial charge on any atom is 0.150 e. The molecule has 0 aliphatic carbocycles. The molecule has 1 aliphatic heterocycles. The summed E-state index contributed by atoms with van der Waals surface area (Å²) < 4.78 is 26.5. The maximum atomic E-state index is 13.4. The molecule has 0 bridgehead atoms. The predicted molar refractivity (Wildman–Crippen MR) is 57.5 cm³/mol. The van der Waals surface area contributed by atoms with Crippen LogP contribution in [0.1, 0.15) is 5.56 Å². The zero-order chi connectivity index (χ0) is 11.5. The highest BCUT2D eigenvalue weighted by Gasteiger charge is 2.41. The Morgan fingerprint density at radius 1 is 1.25 bits per heavy atom. The summed E-state index contributed by atoms with van der Waals surface area (Å²) in [6, 6.07) is 8.78. The zero-order valence-electron chi connectivity index (χ0n) is 8.89. The standard InChI is InChI=1S/C12H15F2NO/c13-10-7-15(11(8-16)12(10)14)6-9-4-2-1-3-5-9/h1-5,10-12,16H,6-8H2. The van der Waals surface area contributed by atoms with Crippen molar-refractivity contribution in [1.82, 2.24) is 4.90 Å². The first-order valence-corrected chi connectivity index (χ1v) is 5.39. The van der Waals surface area contributed by atoms with Crippen LogP contribution in [0.4, 0.5) is 8.78 Å². The number of likely N-dealkylation sites (tertiary alicyclic amines) is 1. The molecule has 0 spiro atoms. The SMILES string of the molecule is OCC1C(F)C(F)CN1Cc1ccccc1. The van der Waals surface area contributed by atoms with Gasteiger partial charge in [-0.3, -0.25) is 4.90 Å². The van der Waals surface area contributed by atoms with E-state index in [0.717, 1.165) is 5.56 Å². The summed E-state index contributed by atoms with van der Waals surface area (Å²) >= 11 is 0. The van der Waals surface area contributed by atoms with E-state index in [4.69, 9.17) is 5.11 Å². The summed E-state index contributed by atoms with van der Waals surface area (Å²) in [6.45, 7) is 0.197. The lowest BCUT2D eigenvalue weighted by Gasteiger charge is -2.22. The number of aliphatic hydroxyl groups excluding tert-OH is 1. The maximum absolute atomic E-state index is 13.4. The number of nitrogens with zero attached hydrogens (tertiary/aromatic N) is 1. The van der Waals surface area contributed by atoms with Gasteiger partial charge in [0.1, 0.15) is 6.17 Å². The summed E-state index contributed by atoms with van der Waals surface area (Å²) in [5.74, 6) is 0. The van der Waals surface area contributed by atoms with Gasteiger partial charge in [0.05, 0.1) is 12.6 Å². The Labute approximate surface area is 93.5 Å². The molecular formula is C12H15F2NO. The molecule has 1 heterocycles. The van der Waals surface area contributed by atoms with Crippen LogP contribution < -0.4 is 0 Å². The highest BCUT2D eigenvalue weighted by molar-refractivity contribution is 5.15. The number of aliphatic hydroxyl groups is 1. The van der Waals surface area contributed by atoms with Gasteiger partial charge < -0.3 is 5.11 Å². The average Bonchev–Trinajstić information content (AvgIpc) is 2.56. The van der Waals surface area contributed by atoms with E-state index in [1.165, 1.54) is 0 Å². The molecule has 2 nitrogen and oxygen atoms in total. The van der Waals surface area contributed by atoms with Crippen LogP contribution in [0, 0.1) is 0 Å². The van der Waals surface area contributed by atoms with Crippen molar-refractivity contribution in [3.05, 3.63) is 35.9 Å². The van der Waals surface area contributed by atoms with Gasteiger partial charge in [-0.25, -0.2) is 8.78 Å². The molecule has 16 heavy (non-hydrogen) atoms. The van der Waals surface area contributed by atoms with Crippen molar-refractivity contribution in [3.63, 3.8) is 0 Å². The van der Waals surface area contributed by atoms with Crippen molar-refractivity contribution in [2.24, 2.45) is 0 Å². The Morgan fingerprint density at radius 2 is 1.94 bits per heavy atom. The molecule has 1 saturated heterocycles. The van der Waals surface area contributed by atoms with Gasteiger partial charge in [0.15, 0.2) is 6.17 Å². The van der Waals surface area contributed by atoms with E-state index in [0.29, 0.717) is 6.54 Å². The highest BCUT2D eigenvalue weighted by Crippen LogP contribution is 2.25. The molecule has 1 aliphatic rings. The number of rotatable bonds is 3. The first-order chi connectivity index (χ1) is 7.72. The second-order valence-corrected chi connectivity index (χ2v) is 4.13. The number of hydrogen-bond acceptors (Lipinski definition) is 2. The van der Waals surface area contributed by atoms with Crippen LogP contribution in [-0.2, 0) is 6.54 Å². The number of benzene rings is 1. The summed E-state index contributed by atoms with van der Waals surface area (Å²) in [5, 5.41) is 9.05. The molecule has 0 amide bonds. The van der Waals surface area contributed by atoms with Gasteiger partial charge in [-0.15, -0.1) is 0 Å². The minimum atomic E-state index is -1.58. The van der Waals surface area contributed by atoms with Gasteiger partial charge in [-0.2, -0.15) is 0 Å². The summed E-state index contributed by atoms with van der Waals surface area (Å²) in [4.78, 5) is 1.66. The van der Waals surface area contributed by atoms with Crippen LogP contribution >= 0.6 is 0 Å². The van der Waals surface area contributed by atoms with E-state index >= 15 is 0 Å². The fraction of sp³-hybridized carbons (Fsp3) is 0.500. The first kappa shape index (κ1) is 11.5. The monoisotopic (exact) mass is 227 g/mol. The third kappa shape index (κ3) is 2.23. The van der Waals surface area contributed by atoms with Crippen LogP contribution in [0.2, 0.25) is 0 Å². The Bertz CT molecular complexity index is 333. The normalized spacial score (nSPS) is 30.8. The first-order valence-electron chi connectivity index (χ1n) is 5.39. The smallest absolute Gasteiger partial charge is 0.150 e. The van der Waals surface area contributed by atoms with Crippen LogP contribution in [0.15, 0.2) is 30.3 Å². The van der Waals surface area contributed by atoms with Crippen LogP contribution in [-0.4, -0.2) is 41.5 Å². The zero-order valence-corrected chi connectivity index (χ0v) is 8.89. The van der Waals surface area contributed by atoms with Crippen molar-refractivity contribution in [2.75, 3.05) is 13.2 Å². The van der Waals surface area contributed by atoms with Gasteiger partial charge in [0.2, 0.25) is 0 Å². The largest absolute Gasteiger partial charge is 0.395 e. The number of alkyl halides is 2. The predicted octanol–water partition coefficient (Wildman–Crippen LogP) is 1.54. The molecule has 3 unspecified atom stereocenters. The van der Waals surface area contributed by atoms with E-state index in [2.05, 4.69) is 0 Å². The Morgan fingerprint density at radius 3 is 2.56 bits per heavy atom. The second-order valence-electron chi connectivity index (χ2n) is 4.13. The lowest BCUT2D eigenvalue weighted by molar-refractivity contribution is 0.105. The van der Waals surface area contributed by atoms with Crippen molar-refractivity contribution in [3.8, 4) is 0 Å². The molecule has 1 fully saturated rings. The van der Waals surface area contributed by atoms with E-state index in [9.17, 15) is 8.78 Å². The molecule has 2 rings (SSSR count). The van der Waals surface area contributed by atoms with E-state index in [-0.39, 0.29) is 13.2 Å². The third-order valence-electron chi connectivity index (χ3n) is 3.01. The molecule has 0 radical (unpaired) electrons. The molecule has 1 aromatic carbocycles. The quantitative estimate of drug-likeness (QED) is 0.846. The highest BCUT2D eigenvalue weighted by atomic mass is 19.2. The second kappa shape index (κ2) is 4.89. The molecular weight excluding hydrogens is 212 g/mol. The Kier molecular flexibility index (Phi) is 3.51. The molecule has 3 atom stereocenters. The fourth-order valence-electron chi connectivity index (χ4n) is 2.12. The molecule has 1 aromatic rings. The topological polar surface area (TPSA) is 23.5 Å². The Balaban J connectivity index is 2.05. The summed E-state index contributed by atoms with van der Waals surface area (Å²) in [6.07, 6.45) is -3.06. The minimum Gasteiger partial charge on any atom is -0.395 e. The van der Waals surface area contributed by atoms with Gasteiger partial charge >= 0.3 is 0 Å². The van der Waals surface area contributed by atoms with Crippen LogP contribution in [0.25, 0.3) is 0 Å². The molecule has 0 saturated carbocycles. The summed E-state index contributed by atoms with van der Waals surface area (Å²) in [5.41, 5.74) is 1.00. The lowest BCUT2D eigenvalue weighted by atomic mass is 10.1. The van der Waals surface area contributed by atoms with Gasteiger partial charge in [-0.1, -0.05) is 30.3 Å². The van der Waals surface area contributed by atoms with Crippen molar-refractivity contribution in [2.45, 2.75) is 24.9 Å². The molecule has 88 valence electrons. The number of halogens is 2. The van der Waals surface area contributed by atoms with E-state index in [1.54, 1.807) is 4.90 Å². The molecule has 0 aromatic heterocycles. The van der Waals surface area contributed by atoms with Crippen molar-refractivity contribution in [1.29, 1.82) is 0 Å². The van der Waals surface area contributed by atoms with Crippen molar-refractivity contribution >= 4 is 0 Å². The van der Waals surface area contributed by atoms with E-state index in [1.807, 2.05) is 30.3 Å². The molecule has 1 N–H and O–H groups in total.